The second-order valence-electron chi connectivity index (χ2n) is 8.10. The van der Waals surface area contributed by atoms with Crippen LogP contribution in [0.1, 0.15) is 78.6 Å². The number of hydrogen-bond acceptors (Lipinski definition) is 2. The van der Waals surface area contributed by atoms with Gasteiger partial charge in [-0.1, -0.05) is 52.9 Å². The zero-order valence-corrected chi connectivity index (χ0v) is 15.5. The van der Waals surface area contributed by atoms with Crippen LogP contribution in [-0.2, 0) is 11.3 Å². The Morgan fingerprint density at radius 1 is 1.17 bits per heavy atom. The molecule has 1 saturated carbocycles. The molecule has 0 aliphatic heterocycles. The summed E-state index contributed by atoms with van der Waals surface area (Å²) < 4.78 is 8.53. The summed E-state index contributed by atoms with van der Waals surface area (Å²) >= 11 is 0. The lowest BCUT2D eigenvalue weighted by Gasteiger charge is -2.40. The van der Waals surface area contributed by atoms with Crippen LogP contribution in [-0.4, -0.2) is 22.3 Å². The van der Waals surface area contributed by atoms with E-state index in [-0.39, 0.29) is 0 Å². The van der Waals surface area contributed by atoms with Crippen LogP contribution in [0, 0.1) is 11.3 Å². The van der Waals surface area contributed by atoms with Crippen molar-refractivity contribution in [1.82, 2.24) is 9.55 Å². The standard InChI is InChI=1S/C20H36N2O/c1-4-5-6-7-8-9-14-23-19-10-11-20(2,3)15-18(19)16-22-13-12-21-17-22/h12-13,17-19H,4-11,14-16H2,1-3H3/t18-,19+/m0/s1. The molecule has 1 aliphatic carbocycles. The van der Waals surface area contributed by atoms with Gasteiger partial charge in [-0.05, 0) is 31.1 Å². The molecule has 0 unspecified atom stereocenters. The molecule has 3 heteroatoms. The highest BCUT2D eigenvalue weighted by Crippen LogP contribution is 2.40. The van der Waals surface area contributed by atoms with Gasteiger partial charge in [0.15, 0.2) is 0 Å². The van der Waals surface area contributed by atoms with E-state index in [4.69, 9.17) is 4.74 Å². The highest BCUT2D eigenvalue weighted by atomic mass is 16.5. The molecule has 3 nitrogen and oxygen atoms in total. The van der Waals surface area contributed by atoms with E-state index in [0.717, 1.165) is 13.2 Å². The third kappa shape index (κ3) is 6.66. The normalized spacial score (nSPS) is 24.0. The first kappa shape index (κ1) is 18.5. The minimum atomic E-state index is 0.432. The zero-order valence-electron chi connectivity index (χ0n) is 15.5. The molecule has 0 aromatic carbocycles. The molecule has 23 heavy (non-hydrogen) atoms. The van der Waals surface area contributed by atoms with Gasteiger partial charge >= 0.3 is 0 Å². The Bertz CT molecular complexity index is 413. The molecule has 1 heterocycles. The van der Waals surface area contributed by atoms with Gasteiger partial charge in [0.1, 0.15) is 0 Å². The van der Waals surface area contributed by atoms with Gasteiger partial charge in [-0.25, -0.2) is 4.98 Å². The Morgan fingerprint density at radius 2 is 1.96 bits per heavy atom. The summed E-state index contributed by atoms with van der Waals surface area (Å²) in [5.41, 5.74) is 0.450. The molecule has 0 bridgehead atoms. The van der Waals surface area contributed by atoms with Crippen LogP contribution in [0.15, 0.2) is 18.7 Å². The first-order chi connectivity index (χ1) is 11.1. The van der Waals surface area contributed by atoms with E-state index in [1.165, 1.54) is 57.8 Å². The van der Waals surface area contributed by atoms with Gasteiger partial charge in [0.25, 0.3) is 0 Å². The minimum Gasteiger partial charge on any atom is -0.378 e. The van der Waals surface area contributed by atoms with Gasteiger partial charge in [-0.3, -0.25) is 0 Å². The molecule has 1 aromatic heterocycles. The van der Waals surface area contributed by atoms with Crippen molar-refractivity contribution in [2.75, 3.05) is 6.61 Å². The van der Waals surface area contributed by atoms with Crippen molar-refractivity contribution in [2.45, 2.75) is 91.2 Å². The third-order valence-electron chi connectivity index (χ3n) is 5.28. The van der Waals surface area contributed by atoms with Crippen molar-refractivity contribution in [3.63, 3.8) is 0 Å². The average Bonchev–Trinajstić information content (AvgIpc) is 3.01. The Balaban J connectivity index is 1.74. The summed E-state index contributed by atoms with van der Waals surface area (Å²) in [7, 11) is 0. The van der Waals surface area contributed by atoms with Gasteiger partial charge in [0.2, 0.25) is 0 Å². The third-order valence-corrected chi connectivity index (χ3v) is 5.28. The van der Waals surface area contributed by atoms with Crippen molar-refractivity contribution in [2.24, 2.45) is 11.3 Å². The van der Waals surface area contributed by atoms with Gasteiger partial charge in [-0.15, -0.1) is 0 Å². The fourth-order valence-electron chi connectivity index (χ4n) is 3.90. The number of hydrogen-bond donors (Lipinski definition) is 0. The molecule has 0 spiro atoms. The first-order valence-electron chi connectivity index (χ1n) is 9.68. The molecule has 132 valence electrons. The topological polar surface area (TPSA) is 27.1 Å². The second-order valence-corrected chi connectivity index (χ2v) is 8.10. The molecule has 2 atom stereocenters. The molecule has 0 N–H and O–H groups in total. The SMILES string of the molecule is CCCCCCCCO[C@@H]1CCC(C)(C)C[C@H]1Cn1ccnc1. The highest BCUT2D eigenvalue weighted by molar-refractivity contribution is 4.87. The lowest BCUT2D eigenvalue weighted by Crippen LogP contribution is -2.37. The predicted octanol–water partition coefficient (Wildman–Crippen LogP) is 5.46. The highest BCUT2D eigenvalue weighted by Gasteiger charge is 2.35. The lowest BCUT2D eigenvalue weighted by molar-refractivity contribution is -0.0445. The monoisotopic (exact) mass is 320 g/mol. The summed E-state index contributed by atoms with van der Waals surface area (Å²) in [6.45, 7) is 9.06. The first-order valence-corrected chi connectivity index (χ1v) is 9.68. The van der Waals surface area contributed by atoms with Gasteiger partial charge in [0.05, 0.1) is 12.4 Å². The molecule has 1 aromatic rings. The number of unbranched alkanes of at least 4 members (excludes halogenated alkanes) is 5. The maximum Gasteiger partial charge on any atom is 0.0946 e. The summed E-state index contributed by atoms with van der Waals surface area (Å²) in [6, 6.07) is 0. The Labute approximate surface area is 142 Å². The van der Waals surface area contributed by atoms with Crippen LogP contribution in [0.3, 0.4) is 0 Å². The van der Waals surface area contributed by atoms with Crippen LogP contribution < -0.4 is 0 Å². The van der Waals surface area contributed by atoms with Gasteiger partial charge in [0, 0.05) is 31.5 Å². The molecule has 0 saturated heterocycles. The van der Waals surface area contributed by atoms with Crippen LogP contribution in [0.25, 0.3) is 0 Å². The minimum absolute atomic E-state index is 0.432. The molecule has 1 fully saturated rings. The fraction of sp³-hybridized carbons (Fsp3) is 0.850. The molecular weight excluding hydrogens is 284 g/mol. The second kappa shape index (κ2) is 9.46. The lowest BCUT2D eigenvalue weighted by atomic mass is 9.70. The van der Waals surface area contributed by atoms with Crippen molar-refractivity contribution < 1.29 is 4.74 Å². The van der Waals surface area contributed by atoms with Crippen LogP contribution in [0.5, 0.6) is 0 Å². The number of nitrogens with zero attached hydrogens (tertiary/aromatic N) is 2. The number of imidazole rings is 1. The van der Waals surface area contributed by atoms with E-state index < -0.39 is 0 Å². The van der Waals surface area contributed by atoms with Gasteiger partial charge < -0.3 is 9.30 Å². The quantitative estimate of drug-likeness (QED) is 0.536. The van der Waals surface area contributed by atoms with Crippen LogP contribution in [0.2, 0.25) is 0 Å². The fourth-order valence-corrected chi connectivity index (χ4v) is 3.90. The van der Waals surface area contributed by atoms with Crippen molar-refractivity contribution in [1.29, 1.82) is 0 Å². The molecule has 2 rings (SSSR count). The number of rotatable bonds is 10. The molecular formula is C20H36N2O. The van der Waals surface area contributed by atoms with Crippen LogP contribution >= 0.6 is 0 Å². The van der Waals surface area contributed by atoms with Crippen molar-refractivity contribution >= 4 is 0 Å². The van der Waals surface area contributed by atoms with E-state index in [0.29, 0.717) is 17.4 Å². The van der Waals surface area contributed by atoms with E-state index in [1.54, 1.807) is 0 Å². The smallest absolute Gasteiger partial charge is 0.0946 e. The van der Waals surface area contributed by atoms with E-state index in [1.807, 2.05) is 12.5 Å². The summed E-state index contributed by atoms with van der Waals surface area (Å²) in [5, 5.41) is 0. The van der Waals surface area contributed by atoms with Crippen molar-refractivity contribution in [3.05, 3.63) is 18.7 Å². The zero-order chi connectivity index (χ0) is 16.5. The van der Waals surface area contributed by atoms with Crippen LogP contribution in [0.4, 0.5) is 0 Å². The Kier molecular flexibility index (Phi) is 7.61. The largest absolute Gasteiger partial charge is 0.378 e. The number of aromatic nitrogens is 2. The van der Waals surface area contributed by atoms with E-state index >= 15 is 0 Å². The average molecular weight is 321 g/mol. The summed E-state index contributed by atoms with van der Waals surface area (Å²) in [6.07, 6.45) is 18.1. The molecule has 0 radical (unpaired) electrons. The maximum absolute atomic E-state index is 6.31. The van der Waals surface area contributed by atoms with Gasteiger partial charge in [-0.2, -0.15) is 0 Å². The summed E-state index contributed by atoms with van der Waals surface area (Å²) in [5.74, 6) is 0.619. The predicted molar refractivity (Wildman–Crippen MR) is 96.5 cm³/mol. The van der Waals surface area contributed by atoms with Crippen molar-refractivity contribution in [3.8, 4) is 0 Å². The Morgan fingerprint density at radius 3 is 2.70 bits per heavy atom. The van der Waals surface area contributed by atoms with E-state index in [2.05, 4.69) is 36.5 Å². The number of ether oxygens (including phenoxy) is 1. The molecule has 1 aliphatic rings. The van der Waals surface area contributed by atoms with E-state index in [9.17, 15) is 0 Å². The Hall–Kier alpha value is -0.830. The summed E-state index contributed by atoms with van der Waals surface area (Å²) in [4.78, 5) is 4.18. The molecule has 0 amide bonds. The maximum atomic E-state index is 6.31.